The lowest BCUT2D eigenvalue weighted by Crippen LogP contribution is -2.32. The Morgan fingerprint density at radius 3 is 2.90 bits per heavy atom. The van der Waals surface area contributed by atoms with E-state index in [0.717, 1.165) is 19.4 Å². The van der Waals surface area contributed by atoms with E-state index in [1.807, 2.05) is 0 Å². The van der Waals surface area contributed by atoms with Gasteiger partial charge < -0.3 is 5.32 Å². The van der Waals surface area contributed by atoms with Gasteiger partial charge in [0.2, 0.25) is 5.91 Å². The second kappa shape index (κ2) is 3.72. The molecule has 2 atom stereocenters. The van der Waals surface area contributed by atoms with Crippen LogP contribution < -0.4 is 5.32 Å². The van der Waals surface area contributed by atoms with Gasteiger partial charge >= 0.3 is 0 Å². The van der Waals surface area contributed by atoms with Gasteiger partial charge in [0.25, 0.3) is 0 Å². The molecule has 10 heavy (non-hydrogen) atoms. The van der Waals surface area contributed by atoms with Crippen molar-refractivity contribution in [1.29, 1.82) is 0 Å². The summed E-state index contributed by atoms with van der Waals surface area (Å²) in [7, 11) is 0. The van der Waals surface area contributed by atoms with E-state index in [-0.39, 0.29) is 15.6 Å². The van der Waals surface area contributed by atoms with Crippen LogP contribution in [-0.2, 0) is 4.79 Å². The zero-order chi connectivity index (χ0) is 7.56. The molecule has 2 unspecified atom stereocenters. The predicted octanol–water partition coefficient (Wildman–Crippen LogP) is 1.42. The molecule has 0 bridgehead atoms. The molecule has 0 saturated carbocycles. The van der Waals surface area contributed by atoms with Gasteiger partial charge in [-0.15, -0.1) is 0 Å². The molecular weight excluding hydrogens is 262 g/mol. The third kappa shape index (κ3) is 1.95. The molecule has 0 spiro atoms. The lowest BCUT2D eigenvalue weighted by Gasteiger charge is -2.09. The molecule has 0 aromatic rings. The Balaban J connectivity index is 2.55. The smallest absolute Gasteiger partial charge is 0.234 e. The van der Waals surface area contributed by atoms with Crippen molar-refractivity contribution in [2.45, 2.75) is 22.5 Å². The molecule has 0 radical (unpaired) electrons. The molecule has 1 aliphatic heterocycles. The number of carbonyl (C=O) groups excluding carboxylic acids is 1. The number of rotatable bonds is 0. The van der Waals surface area contributed by atoms with Crippen LogP contribution in [0.1, 0.15) is 12.8 Å². The van der Waals surface area contributed by atoms with Crippen molar-refractivity contribution >= 4 is 37.8 Å². The minimum atomic E-state index is -0.0602. The van der Waals surface area contributed by atoms with E-state index in [2.05, 4.69) is 37.2 Å². The molecule has 1 saturated heterocycles. The molecule has 1 rings (SSSR count). The average Bonchev–Trinajstić information content (AvgIpc) is 2.04. The molecule has 58 valence electrons. The second-order valence-electron chi connectivity index (χ2n) is 2.35. The van der Waals surface area contributed by atoms with Gasteiger partial charge in [-0.25, -0.2) is 0 Å². The van der Waals surface area contributed by atoms with E-state index in [1.165, 1.54) is 0 Å². The lowest BCUT2D eigenvalue weighted by molar-refractivity contribution is -0.120. The van der Waals surface area contributed by atoms with Crippen LogP contribution in [0, 0.1) is 0 Å². The summed E-state index contributed by atoms with van der Waals surface area (Å²) in [5.74, 6) is 0.0966. The Morgan fingerprint density at radius 1 is 1.50 bits per heavy atom. The van der Waals surface area contributed by atoms with Gasteiger partial charge in [-0.05, 0) is 12.8 Å². The van der Waals surface area contributed by atoms with Gasteiger partial charge in [0, 0.05) is 11.4 Å². The van der Waals surface area contributed by atoms with E-state index in [9.17, 15) is 4.79 Å². The van der Waals surface area contributed by atoms with Gasteiger partial charge in [0.15, 0.2) is 0 Å². The van der Waals surface area contributed by atoms with E-state index in [1.54, 1.807) is 0 Å². The van der Waals surface area contributed by atoms with Crippen molar-refractivity contribution in [3.8, 4) is 0 Å². The molecule has 2 nitrogen and oxygen atoms in total. The van der Waals surface area contributed by atoms with Crippen molar-refractivity contribution in [3.63, 3.8) is 0 Å². The standard InChI is InChI=1S/C6H9Br2NO/c7-4-2-1-3-9-6(10)5(4)8/h4-5H,1-3H2,(H,9,10). The quantitative estimate of drug-likeness (QED) is 0.663. The Bertz CT molecular complexity index is 140. The fourth-order valence-corrected chi connectivity index (χ4v) is 1.91. The molecule has 1 heterocycles. The molecule has 0 aromatic carbocycles. The zero-order valence-corrected chi connectivity index (χ0v) is 8.61. The summed E-state index contributed by atoms with van der Waals surface area (Å²) < 4.78 is 0. The molecule has 1 N–H and O–H groups in total. The van der Waals surface area contributed by atoms with E-state index in [0.29, 0.717) is 0 Å². The number of hydrogen-bond donors (Lipinski definition) is 1. The summed E-state index contributed by atoms with van der Waals surface area (Å²) in [6.45, 7) is 0.809. The maximum absolute atomic E-state index is 11.0. The van der Waals surface area contributed by atoms with Crippen LogP contribution in [0.2, 0.25) is 0 Å². The third-order valence-corrected chi connectivity index (χ3v) is 4.27. The highest BCUT2D eigenvalue weighted by molar-refractivity contribution is 9.12. The zero-order valence-electron chi connectivity index (χ0n) is 5.44. The summed E-state index contributed by atoms with van der Waals surface area (Å²) in [4.78, 5) is 11.3. The monoisotopic (exact) mass is 269 g/mol. The van der Waals surface area contributed by atoms with Gasteiger partial charge in [0.1, 0.15) is 4.83 Å². The fraction of sp³-hybridized carbons (Fsp3) is 0.833. The predicted molar refractivity (Wildman–Crippen MR) is 47.7 cm³/mol. The van der Waals surface area contributed by atoms with Crippen LogP contribution in [0.15, 0.2) is 0 Å². The molecule has 1 aliphatic rings. The molecular formula is C6H9Br2NO. The van der Waals surface area contributed by atoms with Crippen molar-refractivity contribution in [3.05, 3.63) is 0 Å². The summed E-state index contributed by atoms with van der Waals surface area (Å²) in [5, 5.41) is 2.81. The molecule has 1 fully saturated rings. The molecule has 1 amide bonds. The van der Waals surface area contributed by atoms with Crippen LogP contribution in [0.5, 0.6) is 0 Å². The van der Waals surface area contributed by atoms with Crippen LogP contribution in [0.3, 0.4) is 0 Å². The van der Waals surface area contributed by atoms with Crippen molar-refractivity contribution in [1.82, 2.24) is 5.32 Å². The van der Waals surface area contributed by atoms with E-state index in [4.69, 9.17) is 0 Å². The summed E-state index contributed by atoms with van der Waals surface area (Å²) in [6, 6.07) is 0. The fourth-order valence-electron chi connectivity index (χ4n) is 0.917. The maximum atomic E-state index is 11.0. The first kappa shape index (κ1) is 8.53. The van der Waals surface area contributed by atoms with Gasteiger partial charge in [-0.2, -0.15) is 0 Å². The first-order valence-electron chi connectivity index (χ1n) is 3.27. The van der Waals surface area contributed by atoms with Gasteiger partial charge in [-0.3, -0.25) is 4.79 Å². The van der Waals surface area contributed by atoms with Crippen molar-refractivity contribution < 1.29 is 4.79 Å². The van der Waals surface area contributed by atoms with Crippen molar-refractivity contribution in [2.75, 3.05) is 6.54 Å². The normalized spacial score (nSPS) is 34.8. The van der Waals surface area contributed by atoms with Crippen LogP contribution in [0.4, 0.5) is 0 Å². The SMILES string of the molecule is O=C1NCCCC(Br)C1Br. The van der Waals surface area contributed by atoms with Crippen LogP contribution in [-0.4, -0.2) is 22.1 Å². The highest BCUT2D eigenvalue weighted by Gasteiger charge is 2.25. The number of hydrogen-bond acceptors (Lipinski definition) is 1. The Hall–Kier alpha value is 0.430. The molecule has 4 heteroatoms. The van der Waals surface area contributed by atoms with E-state index < -0.39 is 0 Å². The number of nitrogens with one attached hydrogen (secondary N) is 1. The van der Waals surface area contributed by atoms with Gasteiger partial charge in [0.05, 0.1) is 0 Å². The minimum absolute atomic E-state index is 0.0602. The Kier molecular flexibility index (Phi) is 3.17. The highest BCUT2D eigenvalue weighted by atomic mass is 79.9. The topological polar surface area (TPSA) is 29.1 Å². The second-order valence-corrected chi connectivity index (χ2v) is 4.51. The van der Waals surface area contributed by atoms with Crippen molar-refractivity contribution in [2.24, 2.45) is 0 Å². The summed E-state index contributed by atoms with van der Waals surface area (Å²) in [5.41, 5.74) is 0. The van der Waals surface area contributed by atoms with Crippen LogP contribution >= 0.6 is 31.9 Å². The molecule has 0 aliphatic carbocycles. The largest absolute Gasteiger partial charge is 0.355 e. The van der Waals surface area contributed by atoms with E-state index >= 15 is 0 Å². The number of carbonyl (C=O) groups is 1. The number of alkyl halides is 2. The van der Waals surface area contributed by atoms with Gasteiger partial charge in [-0.1, -0.05) is 31.9 Å². The Morgan fingerprint density at radius 2 is 2.20 bits per heavy atom. The number of amides is 1. The highest BCUT2D eigenvalue weighted by Crippen LogP contribution is 2.21. The third-order valence-electron chi connectivity index (χ3n) is 1.52. The first-order valence-corrected chi connectivity index (χ1v) is 5.11. The summed E-state index contributed by atoms with van der Waals surface area (Å²) in [6.07, 6.45) is 2.11. The Labute approximate surface area is 77.0 Å². The number of halogens is 2. The molecule has 0 aromatic heterocycles. The summed E-state index contributed by atoms with van der Waals surface area (Å²) >= 11 is 6.75. The average molecular weight is 271 g/mol. The lowest BCUT2D eigenvalue weighted by atomic mass is 10.2. The van der Waals surface area contributed by atoms with Crippen LogP contribution in [0.25, 0.3) is 0 Å². The maximum Gasteiger partial charge on any atom is 0.234 e. The first-order chi connectivity index (χ1) is 4.72. The minimum Gasteiger partial charge on any atom is -0.355 e.